The molecule has 6 aromatic carbocycles. The van der Waals surface area contributed by atoms with E-state index in [1.54, 1.807) is 14.2 Å². The Morgan fingerprint density at radius 2 is 1.33 bits per heavy atom. The van der Waals surface area contributed by atoms with Gasteiger partial charge in [-0.3, -0.25) is 0 Å². The molecule has 6 aromatic rings. The van der Waals surface area contributed by atoms with Gasteiger partial charge in [0, 0.05) is 27.5 Å². The van der Waals surface area contributed by atoms with Crippen LogP contribution in [0.5, 0.6) is 23.0 Å². The molecule has 1 heterocycles. The van der Waals surface area contributed by atoms with E-state index in [4.69, 9.17) is 18.9 Å². The number of hydrogen-bond donors (Lipinski definition) is 0. The fourth-order valence-electron chi connectivity index (χ4n) is 9.41. The molecule has 0 N–H and O–H groups in total. The second-order valence-electron chi connectivity index (χ2n) is 14.7. The summed E-state index contributed by atoms with van der Waals surface area (Å²) in [5, 5.41) is 2.22. The number of unbranched alkanes of at least 4 members (excludes halogenated alkanes) is 1. The van der Waals surface area contributed by atoms with Gasteiger partial charge in [-0.1, -0.05) is 119 Å². The molecule has 4 nitrogen and oxygen atoms in total. The highest BCUT2D eigenvalue weighted by atomic mass is 16.5. The van der Waals surface area contributed by atoms with Gasteiger partial charge in [-0.25, -0.2) is 0 Å². The maximum atomic E-state index is 7.70. The minimum absolute atomic E-state index is 0.245. The molecule has 0 amide bonds. The lowest BCUT2D eigenvalue weighted by molar-refractivity contribution is 0.163. The Labute approximate surface area is 320 Å². The Balaban J connectivity index is 1.43. The lowest BCUT2D eigenvalue weighted by Crippen LogP contribution is -2.37. The SMILES string of the molecule is CCCCOc1ccc(C2(c3ccc(OC)cc3)C=Cc3c4c(c5cc(OC)ccc5c3O2)-c2ccccc2C4(CCC)C(CC)c2ccccc2)cc1. The molecule has 0 spiro atoms. The van der Waals surface area contributed by atoms with Gasteiger partial charge in [0.1, 0.15) is 23.0 Å². The van der Waals surface area contributed by atoms with Crippen molar-refractivity contribution in [2.24, 2.45) is 0 Å². The lowest BCUT2D eigenvalue weighted by atomic mass is 9.61. The zero-order chi connectivity index (χ0) is 37.3. The van der Waals surface area contributed by atoms with E-state index >= 15 is 0 Å². The summed E-state index contributed by atoms with van der Waals surface area (Å²) >= 11 is 0. The third-order valence-electron chi connectivity index (χ3n) is 11.8. The number of rotatable bonds is 13. The average molecular weight is 715 g/mol. The van der Waals surface area contributed by atoms with Crippen molar-refractivity contribution in [2.45, 2.75) is 69.8 Å². The van der Waals surface area contributed by atoms with Crippen LogP contribution in [0.25, 0.3) is 28.0 Å². The molecule has 0 aromatic heterocycles. The maximum absolute atomic E-state index is 7.70. The second-order valence-corrected chi connectivity index (χ2v) is 14.7. The van der Waals surface area contributed by atoms with E-state index in [1.807, 2.05) is 12.1 Å². The first kappa shape index (κ1) is 35.5. The third kappa shape index (κ3) is 5.66. The van der Waals surface area contributed by atoms with E-state index in [9.17, 15) is 0 Å². The van der Waals surface area contributed by atoms with Gasteiger partial charge in [0.25, 0.3) is 0 Å². The van der Waals surface area contributed by atoms with Crippen molar-refractivity contribution in [3.8, 4) is 34.1 Å². The van der Waals surface area contributed by atoms with Crippen molar-refractivity contribution in [1.82, 2.24) is 0 Å². The average Bonchev–Trinajstić information content (AvgIpc) is 3.52. The minimum Gasteiger partial charge on any atom is -0.497 e. The van der Waals surface area contributed by atoms with Crippen molar-refractivity contribution in [3.05, 3.63) is 161 Å². The van der Waals surface area contributed by atoms with Crippen LogP contribution in [0.4, 0.5) is 0 Å². The van der Waals surface area contributed by atoms with Crippen LogP contribution in [-0.2, 0) is 11.0 Å². The van der Waals surface area contributed by atoms with Gasteiger partial charge in [-0.15, -0.1) is 0 Å². The maximum Gasteiger partial charge on any atom is 0.178 e. The molecule has 8 rings (SSSR count). The molecule has 2 aliphatic rings. The van der Waals surface area contributed by atoms with Crippen LogP contribution in [0.15, 0.2) is 127 Å². The molecule has 54 heavy (non-hydrogen) atoms. The van der Waals surface area contributed by atoms with Crippen molar-refractivity contribution < 1.29 is 18.9 Å². The Kier molecular flexibility index (Phi) is 9.70. The molecule has 0 fully saturated rings. The van der Waals surface area contributed by atoms with Gasteiger partial charge in [0.2, 0.25) is 0 Å². The molecule has 4 heteroatoms. The van der Waals surface area contributed by atoms with E-state index in [2.05, 4.69) is 142 Å². The van der Waals surface area contributed by atoms with E-state index in [0.717, 1.165) is 82.6 Å². The molecule has 0 radical (unpaired) electrons. The number of methoxy groups -OCH3 is 2. The van der Waals surface area contributed by atoms with Crippen molar-refractivity contribution >= 4 is 16.8 Å². The van der Waals surface area contributed by atoms with Gasteiger partial charge in [0.15, 0.2) is 5.60 Å². The highest BCUT2D eigenvalue weighted by Gasteiger charge is 2.51. The fraction of sp³-hybridized carbons (Fsp3) is 0.280. The van der Waals surface area contributed by atoms with E-state index in [0.29, 0.717) is 6.61 Å². The van der Waals surface area contributed by atoms with Crippen LogP contribution in [-0.4, -0.2) is 20.8 Å². The van der Waals surface area contributed by atoms with Crippen molar-refractivity contribution in [1.29, 1.82) is 0 Å². The molecule has 0 bridgehead atoms. The van der Waals surface area contributed by atoms with Gasteiger partial charge in [0.05, 0.1) is 20.8 Å². The molecule has 1 aliphatic carbocycles. The molecule has 0 saturated carbocycles. The standard InChI is InChI=1S/C50H50O4/c1-6-9-32-53-38-25-21-36(22-26-38)50(35-19-23-37(51-4)24-20-35)31-29-42-47-46(43-33-39(52-5)27-28-40(43)48(42)54-50)41-17-13-14-18-45(41)49(47,30-7-2)44(8-3)34-15-11-10-12-16-34/h10-29,31,33,44H,6-9,30,32H2,1-5H3. The van der Waals surface area contributed by atoms with E-state index in [1.165, 1.54) is 27.8 Å². The van der Waals surface area contributed by atoms with E-state index in [-0.39, 0.29) is 11.3 Å². The summed E-state index contributed by atoms with van der Waals surface area (Å²) in [7, 11) is 3.46. The number of hydrogen-bond acceptors (Lipinski definition) is 4. The molecular formula is C50H50O4. The van der Waals surface area contributed by atoms with Gasteiger partial charge in [-0.2, -0.15) is 0 Å². The predicted molar refractivity (Wildman–Crippen MR) is 221 cm³/mol. The molecular weight excluding hydrogens is 665 g/mol. The first-order valence-corrected chi connectivity index (χ1v) is 19.6. The topological polar surface area (TPSA) is 36.9 Å². The van der Waals surface area contributed by atoms with Crippen LogP contribution in [0.2, 0.25) is 0 Å². The summed E-state index contributed by atoms with van der Waals surface area (Å²) in [5.74, 6) is 3.63. The minimum atomic E-state index is -0.912. The van der Waals surface area contributed by atoms with Crippen LogP contribution in [0.1, 0.15) is 92.2 Å². The Morgan fingerprint density at radius 3 is 2.00 bits per heavy atom. The Hall–Kier alpha value is -5.48. The summed E-state index contributed by atoms with van der Waals surface area (Å²) in [6.45, 7) is 7.56. The summed E-state index contributed by atoms with van der Waals surface area (Å²) in [6, 6.07) is 43.5. The molecule has 3 unspecified atom stereocenters. The van der Waals surface area contributed by atoms with Crippen LogP contribution in [0, 0.1) is 0 Å². The number of fused-ring (bicyclic) bond motifs is 8. The van der Waals surface area contributed by atoms with Crippen LogP contribution >= 0.6 is 0 Å². The highest BCUT2D eigenvalue weighted by Crippen LogP contribution is 2.64. The first-order chi connectivity index (χ1) is 26.5. The first-order valence-electron chi connectivity index (χ1n) is 19.6. The van der Waals surface area contributed by atoms with Crippen molar-refractivity contribution in [3.63, 3.8) is 0 Å². The predicted octanol–water partition coefficient (Wildman–Crippen LogP) is 12.6. The third-order valence-corrected chi connectivity index (χ3v) is 11.8. The quantitative estimate of drug-likeness (QED) is 0.112. The van der Waals surface area contributed by atoms with E-state index < -0.39 is 5.60 Å². The highest BCUT2D eigenvalue weighted by molar-refractivity contribution is 6.09. The lowest BCUT2D eigenvalue weighted by Gasteiger charge is -2.43. The van der Waals surface area contributed by atoms with Crippen LogP contribution in [0.3, 0.4) is 0 Å². The number of benzene rings is 6. The van der Waals surface area contributed by atoms with Crippen molar-refractivity contribution in [2.75, 3.05) is 20.8 Å². The zero-order valence-electron chi connectivity index (χ0n) is 32.2. The molecule has 274 valence electrons. The molecule has 3 atom stereocenters. The van der Waals surface area contributed by atoms with Gasteiger partial charge in [-0.05, 0) is 107 Å². The summed E-state index contributed by atoms with van der Waals surface area (Å²) in [5.41, 5.74) is 8.72. The fourth-order valence-corrected chi connectivity index (χ4v) is 9.41. The summed E-state index contributed by atoms with van der Waals surface area (Å²) in [4.78, 5) is 0. The van der Waals surface area contributed by atoms with Gasteiger partial charge >= 0.3 is 0 Å². The van der Waals surface area contributed by atoms with Gasteiger partial charge < -0.3 is 18.9 Å². The summed E-state index contributed by atoms with van der Waals surface area (Å²) in [6.07, 6.45) is 9.80. The smallest absolute Gasteiger partial charge is 0.178 e. The summed E-state index contributed by atoms with van der Waals surface area (Å²) < 4.78 is 25.3. The Morgan fingerprint density at radius 1 is 0.667 bits per heavy atom. The number of ether oxygens (including phenoxy) is 4. The Bertz CT molecular complexity index is 2290. The monoisotopic (exact) mass is 714 g/mol. The largest absolute Gasteiger partial charge is 0.497 e. The second kappa shape index (κ2) is 14.7. The van der Waals surface area contributed by atoms with Crippen LogP contribution < -0.4 is 18.9 Å². The molecule has 1 aliphatic heterocycles. The molecule has 0 saturated heterocycles. The normalized spacial score (nSPS) is 18.7. The zero-order valence-corrected chi connectivity index (χ0v) is 32.2.